The van der Waals surface area contributed by atoms with E-state index in [0.717, 1.165) is 5.56 Å². The van der Waals surface area contributed by atoms with E-state index >= 15 is 0 Å². The second-order valence-corrected chi connectivity index (χ2v) is 22.0. The van der Waals surface area contributed by atoms with Crippen molar-refractivity contribution < 1.29 is 141 Å². The van der Waals surface area contributed by atoms with Crippen LogP contribution in [0.4, 0.5) is 0 Å². The number of ether oxygens (including phenoxy) is 2. The minimum Gasteiger partial charge on any atom is -0.776 e. The van der Waals surface area contributed by atoms with E-state index in [-0.39, 0.29) is 83.9 Å². The van der Waals surface area contributed by atoms with Crippen molar-refractivity contribution in [1.29, 1.82) is 0 Å². The number of hydrogen-bond acceptors (Lipinski definition) is 18. The monoisotopic (exact) mass is 1060 g/mol. The smallest absolute Gasteiger partial charge is 0.776 e. The number of nitrogens with zero attached hydrogens (tertiary/aromatic N) is 2. The summed E-state index contributed by atoms with van der Waals surface area (Å²) >= 11 is 9.28. The predicted octanol–water partition coefficient (Wildman–Crippen LogP) is -8.81. The Labute approximate surface area is 431 Å². The number of nitrogens with two attached hydrogens (primary N) is 3. The van der Waals surface area contributed by atoms with Crippen LogP contribution >= 0.6 is 54.8 Å². The maximum Gasteiger partial charge on any atom is 1.00 e. The summed E-state index contributed by atoms with van der Waals surface area (Å²) in [5.41, 5.74) is 8.06. The molecule has 0 spiro atoms. The van der Waals surface area contributed by atoms with E-state index in [9.17, 15) is 43.1 Å². The molecule has 65 heavy (non-hydrogen) atoms. The molecule has 0 radical (unpaired) electrons. The van der Waals surface area contributed by atoms with Gasteiger partial charge in [0.05, 0.1) is 13.2 Å². The van der Waals surface area contributed by atoms with Gasteiger partial charge in [-0.05, 0) is 87.6 Å². The van der Waals surface area contributed by atoms with Crippen LogP contribution in [0, 0.1) is 0 Å². The summed E-state index contributed by atoms with van der Waals surface area (Å²) < 4.78 is 56.1. The fourth-order valence-electron chi connectivity index (χ4n) is 4.74. The Morgan fingerprint density at radius 2 is 1.12 bits per heavy atom. The van der Waals surface area contributed by atoms with Crippen LogP contribution in [0.25, 0.3) is 0 Å². The van der Waals surface area contributed by atoms with E-state index in [2.05, 4.69) is 33.8 Å². The van der Waals surface area contributed by atoms with E-state index < -0.39 is 53.4 Å². The van der Waals surface area contributed by atoms with Gasteiger partial charge in [0.25, 0.3) is 5.08 Å². The van der Waals surface area contributed by atoms with Gasteiger partial charge in [0.1, 0.15) is 17.8 Å². The number of carbonyl (C=O) groups is 1. The maximum absolute atomic E-state index is 11.4. The molecule has 26 nitrogen and oxygen atoms in total. The predicted molar refractivity (Wildman–Crippen MR) is 235 cm³/mol. The number of nitrogens with one attached hydrogen (secondary N) is 4. The van der Waals surface area contributed by atoms with E-state index in [1.807, 2.05) is 24.3 Å². The third-order valence-electron chi connectivity index (χ3n) is 8.39. The van der Waals surface area contributed by atoms with Crippen molar-refractivity contribution in [2.45, 2.75) is 42.3 Å². The topological polar surface area (TPSA) is 444 Å². The first-order chi connectivity index (χ1) is 29.0. The zero-order valence-electron chi connectivity index (χ0n) is 36.2. The Kier molecular flexibility index (Phi) is 34.9. The van der Waals surface area contributed by atoms with Crippen molar-refractivity contribution in [3.05, 3.63) is 59.7 Å². The largest absolute Gasteiger partial charge is 1.00 e. The molecule has 18 N–H and O–H groups in total. The number of aldehydes is 1. The van der Waals surface area contributed by atoms with Crippen molar-refractivity contribution in [3.8, 4) is 11.5 Å². The van der Waals surface area contributed by atoms with E-state index in [1.54, 1.807) is 36.2 Å². The van der Waals surface area contributed by atoms with Crippen LogP contribution in [-0.2, 0) is 24.7 Å². The van der Waals surface area contributed by atoms with Crippen LogP contribution in [0.1, 0.15) is 41.6 Å². The number of benzene rings is 2. The van der Waals surface area contributed by atoms with Crippen LogP contribution in [0.2, 0.25) is 0 Å². The molecule has 2 aromatic rings. The Morgan fingerprint density at radius 1 is 0.708 bits per heavy atom. The summed E-state index contributed by atoms with van der Waals surface area (Å²) in [7, 11) is -19.2. The second kappa shape index (κ2) is 33.1. The fourth-order valence-corrected chi connectivity index (χ4v) is 9.02. The van der Waals surface area contributed by atoms with Gasteiger partial charge in [-0.2, -0.15) is 0 Å². The first-order valence-corrected chi connectivity index (χ1v) is 25.3. The minimum atomic E-state index is -5.74. The molecule has 34 heteroatoms. The quantitative estimate of drug-likeness (QED) is 0.00883. The number of hydrazine groups is 3. The molecule has 0 aliphatic heterocycles. The average molecular weight is 1060 g/mol. The van der Waals surface area contributed by atoms with Crippen molar-refractivity contribution in [2.24, 2.45) is 17.5 Å². The first kappa shape index (κ1) is 68.7. The van der Waals surface area contributed by atoms with Crippen LogP contribution < -0.4 is 117 Å². The van der Waals surface area contributed by atoms with Gasteiger partial charge in [0.2, 0.25) is 0 Å². The van der Waals surface area contributed by atoms with Gasteiger partial charge in [-0.15, -0.1) is 0 Å². The van der Waals surface area contributed by atoms with E-state index in [4.69, 9.17) is 68.6 Å². The Bertz CT molecular complexity index is 1890. The molecule has 0 fully saturated rings. The third kappa shape index (κ3) is 26.3. The molecular weight excluding hydrogens is 1000 g/mol. The molecule has 0 aliphatic rings. The molecule has 0 saturated carbocycles. The maximum atomic E-state index is 11.4. The van der Waals surface area contributed by atoms with Gasteiger partial charge < -0.3 is 88.5 Å². The summed E-state index contributed by atoms with van der Waals surface area (Å²) in [4.78, 5) is 90.5. The SMILES string of the molecule is CN(CCCOc1cccc(C=O)c1)CCC(O)(P(=O)([O-])O)P(=O)([O-])O.CN(CCCOc1cccc(CCNC(=S)NN)c1)CCC(O)(P(=O)(O)O)P(=O)(O)O.NNC(=S)NN.[Na+].[Na+]. The first-order valence-electron chi connectivity index (χ1n) is 18.1. The van der Waals surface area contributed by atoms with Gasteiger partial charge >= 0.3 is 74.3 Å². The third-order valence-corrected chi connectivity index (χ3v) is 16.5. The molecular formula is C31H57N9Na2O17P4S2. The Hall–Kier alpha value is -0.590. The van der Waals surface area contributed by atoms with E-state index in [0.29, 0.717) is 74.0 Å². The molecule has 0 bridgehead atoms. The summed E-state index contributed by atoms with van der Waals surface area (Å²) in [6, 6.07) is 14.1. The Morgan fingerprint density at radius 3 is 1.51 bits per heavy atom. The van der Waals surface area contributed by atoms with Crippen LogP contribution in [-0.4, -0.2) is 136 Å². The molecule has 0 amide bonds. The van der Waals surface area contributed by atoms with Crippen LogP contribution in [0.3, 0.4) is 0 Å². The normalized spacial score (nSPS) is 14.1. The molecule has 2 unspecified atom stereocenters. The fraction of sp³-hybridized carbons (Fsp3) is 0.516. The molecule has 362 valence electrons. The average Bonchev–Trinajstić information content (AvgIpc) is 3.20. The van der Waals surface area contributed by atoms with Crippen LogP contribution in [0.15, 0.2) is 48.5 Å². The van der Waals surface area contributed by atoms with Crippen molar-refractivity contribution in [1.82, 2.24) is 31.4 Å². The molecule has 0 heterocycles. The number of thiocarbonyl (C=S) groups is 2. The van der Waals surface area contributed by atoms with Crippen molar-refractivity contribution in [2.75, 3.05) is 60.0 Å². The minimum absolute atomic E-state index is 0. The summed E-state index contributed by atoms with van der Waals surface area (Å²) in [6.45, 7) is 1.65. The van der Waals surface area contributed by atoms with Gasteiger partial charge in [0.15, 0.2) is 30.5 Å². The molecule has 2 atom stereocenters. The molecule has 0 aromatic heterocycles. The van der Waals surface area contributed by atoms with Gasteiger partial charge in [0, 0.05) is 51.1 Å². The van der Waals surface area contributed by atoms with Crippen molar-refractivity contribution >= 4 is 71.3 Å². The zero-order valence-corrected chi connectivity index (χ0v) is 45.4. The number of hydrogen-bond donors (Lipinski definition) is 15. The second-order valence-electron chi connectivity index (χ2n) is 13.3. The van der Waals surface area contributed by atoms with Gasteiger partial charge in [-0.3, -0.25) is 24.8 Å². The molecule has 0 saturated heterocycles. The van der Waals surface area contributed by atoms with Crippen molar-refractivity contribution in [3.63, 3.8) is 0 Å². The number of aliphatic hydroxyl groups is 2. The molecule has 0 aliphatic carbocycles. The molecule has 2 aromatic carbocycles. The Balaban J connectivity index is -0.00000103. The summed E-state index contributed by atoms with van der Waals surface area (Å²) in [5.74, 6) is 15.9. The standard InChI is InChI=1S/C16H30N4O8P2S.C14H23NO9P2.CH6N4S.2Na/c1-20(10-7-16(21,29(22,23)24)30(25,26)27)9-3-11-28-14-5-2-4-13(12-14)6-8-18-15(31)19-17;1-15(8-6-14(17,25(18,19)20)26(21,22)23)7-3-9-24-13-5-2-4-12(10-13)11-16;2-4-1(6)5-3;;/h2,4-5,12,21H,3,6-11,17H2,1H3,(H2,18,19,31)(H2,22,23,24)(H2,25,26,27);2,4-5,10-11,17H,3,6-9H2,1H3,(H2,18,19,20)(H2,21,22,23);2-3H2,(H2,4,5,6);;/q;;;2*+1/p-2. The van der Waals surface area contributed by atoms with Crippen LogP contribution in [0.5, 0.6) is 11.5 Å². The molecule has 2 rings (SSSR count). The summed E-state index contributed by atoms with van der Waals surface area (Å²) in [6.07, 6.45) is 0.723. The van der Waals surface area contributed by atoms with Gasteiger partial charge in [-0.1, -0.05) is 24.3 Å². The zero-order chi connectivity index (χ0) is 48.7. The summed E-state index contributed by atoms with van der Waals surface area (Å²) in [5, 5.41) is 16.1. The number of rotatable bonds is 24. The number of carbonyl (C=O) groups excluding carboxylic acids is 1. The van der Waals surface area contributed by atoms with E-state index in [1.165, 1.54) is 11.9 Å². The van der Waals surface area contributed by atoms with Gasteiger partial charge in [-0.25, -0.2) is 17.5 Å².